The minimum Gasteiger partial charge on any atom is -0.475 e. The molecule has 30 heavy (non-hydrogen) atoms. The number of carboxylic acids is 1. The maximum absolute atomic E-state index is 12.4. The third-order valence-corrected chi connectivity index (χ3v) is 6.07. The highest BCUT2D eigenvalue weighted by Crippen LogP contribution is 2.24. The number of sulfonamides is 1. The van der Waals surface area contributed by atoms with Crippen molar-refractivity contribution in [2.75, 3.05) is 29.8 Å². The van der Waals surface area contributed by atoms with Gasteiger partial charge in [0.25, 0.3) is 10.0 Å². The van der Waals surface area contributed by atoms with Crippen LogP contribution in [-0.2, 0) is 14.8 Å². The van der Waals surface area contributed by atoms with E-state index >= 15 is 0 Å². The zero-order valence-corrected chi connectivity index (χ0v) is 17.6. The number of hydrogen-bond donors (Lipinski definition) is 3. The lowest BCUT2D eigenvalue weighted by atomic mass is 10.2. The standard InChI is InChI=1S/C14H19N5O2S2.C2HF3O2/c1-10-5-12(23(20,21)18-13-8-22-9-17-13)7-16-14(10)19(2)11-3-4-15-6-11;3-2(4,5)1(6)7/h5,7-9,11,15,18H,3-4,6H2,1-2H3;(H,6,7)/t11-;/m1./s1. The van der Waals surface area contributed by atoms with Crippen molar-refractivity contribution in [3.05, 3.63) is 28.7 Å². The number of alkyl halides is 3. The van der Waals surface area contributed by atoms with Crippen LogP contribution in [0.3, 0.4) is 0 Å². The number of thiazole rings is 1. The Labute approximate surface area is 175 Å². The number of hydrogen-bond acceptors (Lipinski definition) is 8. The molecule has 1 saturated heterocycles. The predicted molar refractivity (Wildman–Crippen MR) is 105 cm³/mol. The summed E-state index contributed by atoms with van der Waals surface area (Å²) in [7, 11) is -1.67. The van der Waals surface area contributed by atoms with Gasteiger partial charge in [-0.15, -0.1) is 11.3 Å². The van der Waals surface area contributed by atoms with Crippen LogP contribution in [0.15, 0.2) is 28.0 Å². The second-order valence-corrected chi connectivity index (χ2v) is 8.75. The molecule has 166 valence electrons. The van der Waals surface area contributed by atoms with Crippen molar-refractivity contribution >= 4 is 39.0 Å². The molecule has 1 aliphatic heterocycles. The summed E-state index contributed by atoms with van der Waals surface area (Å²) in [5.74, 6) is -1.62. The van der Waals surface area contributed by atoms with Gasteiger partial charge in [-0.05, 0) is 31.5 Å². The minimum absolute atomic E-state index is 0.143. The molecule has 1 atom stereocenters. The van der Waals surface area contributed by atoms with E-state index < -0.39 is 22.2 Å². The third-order valence-electron chi connectivity index (χ3n) is 4.17. The highest BCUT2D eigenvalue weighted by Gasteiger charge is 2.38. The van der Waals surface area contributed by atoms with Crippen LogP contribution in [0.1, 0.15) is 12.0 Å². The van der Waals surface area contributed by atoms with E-state index in [1.54, 1.807) is 17.0 Å². The van der Waals surface area contributed by atoms with Gasteiger partial charge in [0.2, 0.25) is 0 Å². The molecule has 0 saturated carbocycles. The Bertz CT molecular complexity index is 962. The van der Waals surface area contributed by atoms with E-state index in [0.29, 0.717) is 11.9 Å². The van der Waals surface area contributed by atoms with Crippen molar-refractivity contribution in [2.24, 2.45) is 0 Å². The maximum atomic E-state index is 12.4. The van der Waals surface area contributed by atoms with Crippen molar-refractivity contribution in [3.63, 3.8) is 0 Å². The van der Waals surface area contributed by atoms with Crippen LogP contribution in [0.2, 0.25) is 0 Å². The summed E-state index contributed by atoms with van der Waals surface area (Å²) in [5, 5.41) is 12.1. The number of carbonyl (C=O) groups is 1. The van der Waals surface area contributed by atoms with Gasteiger partial charge in [-0.25, -0.2) is 23.2 Å². The first-order valence-corrected chi connectivity index (χ1v) is 11.0. The number of likely N-dealkylation sites (N-methyl/N-ethyl adjacent to an activating group) is 1. The molecule has 0 amide bonds. The number of nitrogens with one attached hydrogen (secondary N) is 2. The van der Waals surface area contributed by atoms with Crippen molar-refractivity contribution in [2.45, 2.75) is 30.5 Å². The molecule has 3 heterocycles. The molecule has 2 aromatic heterocycles. The molecule has 3 rings (SSSR count). The summed E-state index contributed by atoms with van der Waals surface area (Å²) in [6.07, 6.45) is -2.63. The number of rotatable bonds is 5. The summed E-state index contributed by atoms with van der Waals surface area (Å²) in [6, 6.07) is 2.03. The second kappa shape index (κ2) is 9.57. The molecule has 0 aromatic carbocycles. The first-order chi connectivity index (χ1) is 13.9. The number of pyridine rings is 1. The second-order valence-electron chi connectivity index (χ2n) is 6.35. The summed E-state index contributed by atoms with van der Waals surface area (Å²) in [6.45, 7) is 3.80. The van der Waals surface area contributed by atoms with Crippen LogP contribution < -0.4 is 14.9 Å². The molecular formula is C16H20F3N5O4S2. The molecule has 0 radical (unpaired) electrons. The van der Waals surface area contributed by atoms with Gasteiger partial charge in [-0.2, -0.15) is 13.2 Å². The van der Waals surface area contributed by atoms with Gasteiger partial charge >= 0.3 is 12.1 Å². The maximum Gasteiger partial charge on any atom is 0.490 e. The number of aliphatic carboxylic acids is 1. The molecule has 0 spiro atoms. The largest absolute Gasteiger partial charge is 0.490 e. The molecule has 1 fully saturated rings. The normalized spacial score (nSPS) is 16.5. The van der Waals surface area contributed by atoms with Crippen LogP contribution in [-0.4, -0.2) is 61.8 Å². The predicted octanol–water partition coefficient (Wildman–Crippen LogP) is 2.08. The fraction of sp³-hybridized carbons (Fsp3) is 0.438. The quantitative estimate of drug-likeness (QED) is 0.611. The summed E-state index contributed by atoms with van der Waals surface area (Å²) in [5.41, 5.74) is 2.41. The Morgan fingerprint density at radius 3 is 2.53 bits per heavy atom. The van der Waals surface area contributed by atoms with Crippen LogP contribution in [0, 0.1) is 6.92 Å². The van der Waals surface area contributed by atoms with Gasteiger partial charge in [0.05, 0.1) is 5.51 Å². The van der Waals surface area contributed by atoms with Crippen LogP contribution in [0.4, 0.5) is 24.8 Å². The minimum atomic E-state index is -5.08. The number of aryl methyl sites for hydroxylation is 1. The van der Waals surface area contributed by atoms with Crippen molar-refractivity contribution in [3.8, 4) is 0 Å². The molecule has 9 nitrogen and oxygen atoms in total. The molecule has 0 bridgehead atoms. The van der Waals surface area contributed by atoms with Crippen molar-refractivity contribution in [1.29, 1.82) is 0 Å². The van der Waals surface area contributed by atoms with Gasteiger partial charge in [0.15, 0.2) is 5.82 Å². The average molecular weight is 467 g/mol. The van der Waals surface area contributed by atoms with Gasteiger partial charge in [0.1, 0.15) is 10.7 Å². The molecule has 0 unspecified atom stereocenters. The van der Waals surface area contributed by atoms with E-state index in [-0.39, 0.29) is 4.90 Å². The number of aromatic nitrogens is 2. The zero-order chi connectivity index (χ0) is 22.5. The van der Waals surface area contributed by atoms with Crippen molar-refractivity contribution < 1.29 is 31.5 Å². The first kappa shape index (κ1) is 23.8. The Hall–Kier alpha value is -2.45. The Balaban J connectivity index is 0.000000396. The van der Waals surface area contributed by atoms with Crippen molar-refractivity contribution in [1.82, 2.24) is 15.3 Å². The van der Waals surface area contributed by atoms with E-state index in [2.05, 4.69) is 24.9 Å². The van der Waals surface area contributed by atoms with E-state index in [1.807, 2.05) is 14.0 Å². The highest BCUT2D eigenvalue weighted by molar-refractivity contribution is 7.92. The molecule has 14 heteroatoms. The Morgan fingerprint density at radius 1 is 1.40 bits per heavy atom. The van der Waals surface area contributed by atoms with Gasteiger partial charge in [-0.3, -0.25) is 4.72 Å². The number of carboxylic acid groups (broad SMARTS) is 1. The van der Waals surface area contributed by atoms with Gasteiger partial charge in [0, 0.05) is 31.2 Å². The lowest BCUT2D eigenvalue weighted by Gasteiger charge is -2.26. The molecule has 0 aliphatic carbocycles. The molecule has 1 aliphatic rings. The molecule has 3 N–H and O–H groups in total. The summed E-state index contributed by atoms with van der Waals surface area (Å²) in [4.78, 5) is 19.5. The molecular weight excluding hydrogens is 447 g/mol. The first-order valence-electron chi connectivity index (χ1n) is 8.53. The van der Waals surface area contributed by atoms with Gasteiger partial charge in [-0.1, -0.05) is 0 Å². The lowest BCUT2D eigenvalue weighted by Crippen LogP contribution is -2.34. The van der Waals surface area contributed by atoms with Gasteiger partial charge < -0.3 is 15.3 Å². The third kappa shape index (κ3) is 6.27. The monoisotopic (exact) mass is 467 g/mol. The Kier molecular flexibility index (Phi) is 7.60. The van der Waals surface area contributed by atoms with Crippen LogP contribution >= 0.6 is 11.3 Å². The fourth-order valence-corrected chi connectivity index (χ4v) is 4.25. The Morgan fingerprint density at radius 2 is 2.07 bits per heavy atom. The number of halogens is 3. The van der Waals surface area contributed by atoms with Crippen LogP contribution in [0.5, 0.6) is 0 Å². The fourth-order valence-electron chi connectivity index (χ4n) is 2.66. The topological polar surface area (TPSA) is 125 Å². The average Bonchev–Trinajstić information content (AvgIpc) is 3.34. The molecule has 2 aromatic rings. The number of anilines is 2. The summed E-state index contributed by atoms with van der Waals surface area (Å²) >= 11 is 1.33. The lowest BCUT2D eigenvalue weighted by molar-refractivity contribution is -0.192. The van der Waals surface area contributed by atoms with E-state index in [9.17, 15) is 21.6 Å². The van der Waals surface area contributed by atoms with E-state index in [1.165, 1.54) is 17.5 Å². The van der Waals surface area contributed by atoms with E-state index in [4.69, 9.17) is 9.90 Å². The van der Waals surface area contributed by atoms with E-state index in [0.717, 1.165) is 30.9 Å². The SMILES string of the molecule is Cc1cc(S(=O)(=O)Nc2cscn2)cnc1N(C)[C@@H]1CCNC1.O=C(O)C(F)(F)F. The zero-order valence-electron chi connectivity index (χ0n) is 16.0. The van der Waals surface area contributed by atoms with Crippen LogP contribution in [0.25, 0.3) is 0 Å². The highest BCUT2D eigenvalue weighted by atomic mass is 32.2. The summed E-state index contributed by atoms with van der Waals surface area (Å²) < 4.78 is 58.9. The number of nitrogens with zero attached hydrogens (tertiary/aromatic N) is 3. The smallest absolute Gasteiger partial charge is 0.475 e.